The third-order valence-electron chi connectivity index (χ3n) is 6.31. The van der Waals surface area contributed by atoms with Crippen LogP contribution in [0.3, 0.4) is 0 Å². The lowest BCUT2D eigenvalue weighted by Crippen LogP contribution is -2.48. The Balaban J connectivity index is 1.32. The number of hydrogen-bond donors (Lipinski definition) is 1. The average molecular weight is 504 g/mol. The molecular weight excluding hydrogens is 478 g/mol. The molecule has 3 aromatic carbocycles. The van der Waals surface area contributed by atoms with Crippen LogP contribution >= 0.6 is 23.4 Å². The van der Waals surface area contributed by atoms with Gasteiger partial charge in [-0.15, -0.1) is 11.8 Å². The number of aromatic nitrogens is 1. The van der Waals surface area contributed by atoms with E-state index in [9.17, 15) is 9.59 Å². The summed E-state index contributed by atoms with van der Waals surface area (Å²) in [6, 6.07) is 25.6. The van der Waals surface area contributed by atoms with E-state index < -0.39 is 0 Å². The summed E-state index contributed by atoms with van der Waals surface area (Å²) in [5.41, 5.74) is 3.56. The molecule has 0 saturated carbocycles. The van der Waals surface area contributed by atoms with Crippen molar-refractivity contribution in [2.45, 2.75) is 11.4 Å². The second kappa shape index (κ2) is 10.7. The summed E-state index contributed by atoms with van der Waals surface area (Å²) < 4.78 is 0. The minimum absolute atomic E-state index is 0.0546. The predicted molar refractivity (Wildman–Crippen MR) is 144 cm³/mol. The fraction of sp³-hybridized carbons (Fsp3) is 0.214. The van der Waals surface area contributed by atoms with E-state index in [0.29, 0.717) is 23.0 Å². The number of benzene rings is 3. The lowest BCUT2D eigenvalue weighted by Gasteiger charge is -2.34. The second-order valence-corrected chi connectivity index (χ2v) is 10.1. The number of carbonyl (C=O) groups is 1. The molecule has 0 radical (unpaired) electrons. The van der Waals surface area contributed by atoms with Gasteiger partial charge >= 0.3 is 0 Å². The lowest BCUT2D eigenvalue weighted by atomic mass is 10.0. The summed E-state index contributed by atoms with van der Waals surface area (Å²) >= 11 is 7.60. The average Bonchev–Trinajstić information content (AvgIpc) is 2.89. The van der Waals surface area contributed by atoms with Crippen LogP contribution in [0.4, 0.5) is 0 Å². The highest BCUT2D eigenvalue weighted by molar-refractivity contribution is 8.00. The van der Waals surface area contributed by atoms with E-state index in [0.717, 1.165) is 41.7 Å². The topological polar surface area (TPSA) is 56.4 Å². The van der Waals surface area contributed by atoms with Crippen LogP contribution in [0.25, 0.3) is 22.0 Å². The van der Waals surface area contributed by atoms with E-state index in [1.807, 2.05) is 53.4 Å². The number of H-pyrrole nitrogens is 1. The zero-order valence-corrected chi connectivity index (χ0v) is 20.8. The number of piperazine rings is 1. The molecule has 1 aliphatic heterocycles. The first kappa shape index (κ1) is 23.7. The van der Waals surface area contributed by atoms with Gasteiger partial charge in [-0.05, 0) is 29.3 Å². The van der Waals surface area contributed by atoms with Crippen molar-refractivity contribution in [2.75, 3.05) is 31.9 Å². The van der Waals surface area contributed by atoms with Crippen molar-refractivity contribution in [3.05, 3.63) is 99.8 Å². The zero-order valence-electron chi connectivity index (χ0n) is 19.2. The van der Waals surface area contributed by atoms with Crippen LogP contribution in [-0.2, 0) is 11.3 Å². The van der Waals surface area contributed by atoms with Crippen molar-refractivity contribution in [1.82, 2.24) is 14.8 Å². The number of hydrogen-bond acceptors (Lipinski definition) is 4. The van der Waals surface area contributed by atoms with Crippen molar-refractivity contribution in [1.29, 1.82) is 0 Å². The monoisotopic (exact) mass is 503 g/mol. The largest absolute Gasteiger partial charge is 0.339 e. The first-order chi connectivity index (χ1) is 17.1. The van der Waals surface area contributed by atoms with E-state index in [1.165, 1.54) is 17.3 Å². The molecule has 0 spiro atoms. The van der Waals surface area contributed by atoms with Gasteiger partial charge in [0.15, 0.2) is 0 Å². The fourth-order valence-electron chi connectivity index (χ4n) is 4.50. The first-order valence-corrected chi connectivity index (χ1v) is 13.0. The number of thioether (sulfide) groups is 1. The Morgan fingerprint density at radius 2 is 1.60 bits per heavy atom. The molecule has 7 heteroatoms. The van der Waals surface area contributed by atoms with E-state index in [2.05, 4.69) is 34.1 Å². The SMILES string of the molecule is O=C(CSc1c(-c2ccccc2)c2cc(Cl)ccc2[nH]c1=O)N1CCN(Cc2ccccc2)CC1. The predicted octanol–water partition coefficient (Wildman–Crippen LogP) is 5.29. The summed E-state index contributed by atoms with van der Waals surface area (Å²) in [5, 5.41) is 1.47. The molecule has 1 amide bonds. The molecular formula is C28H26ClN3O2S. The minimum Gasteiger partial charge on any atom is -0.339 e. The number of amides is 1. The maximum atomic E-state index is 13.1. The Morgan fingerprint density at radius 3 is 2.31 bits per heavy atom. The van der Waals surface area contributed by atoms with Gasteiger partial charge in [-0.1, -0.05) is 72.3 Å². The summed E-state index contributed by atoms with van der Waals surface area (Å²) in [6.45, 7) is 3.97. The number of aromatic amines is 1. The normalized spacial score (nSPS) is 14.4. The molecule has 2 heterocycles. The third-order valence-corrected chi connectivity index (χ3v) is 7.61. The van der Waals surface area contributed by atoms with Gasteiger partial charge in [-0.2, -0.15) is 0 Å². The van der Waals surface area contributed by atoms with E-state index in [1.54, 1.807) is 6.07 Å². The van der Waals surface area contributed by atoms with Gasteiger partial charge in [0, 0.05) is 54.2 Å². The smallest absolute Gasteiger partial charge is 0.262 e. The van der Waals surface area contributed by atoms with Gasteiger partial charge < -0.3 is 9.88 Å². The molecule has 0 aliphatic carbocycles. The summed E-state index contributed by atoms with van der Waals surface area (Å²) in [5.74, 6) is 0.271. The number of pyridine rings is 1. The first-order valence-electron chi connectivity index (χ1n) is 11.7. The van der Waals surface area contributed by atoms with Crippen molar-refractivity contribution in [3.8, 4) is 11.1 Å². The molecule has 4 aromatic rings. The van der Waals surface area contributed by atoms with E-state index in [-0.39, 0.29) is 17.2 Å². The molecule has 35 heavy (non-hydrogen) atoms. The zero-order chi connectivity index (χ0) is 24.2. The molecule has 1 N–H and O–H groups in total. The van der Waals surface area contributed by atoms with E-state index >= 15 is 0 Å². The maximum absolute atomic E-state index is 13.1. The van der Waals surface area contributed by atoms with Gasteiger partial charge in [0.2, 0.25) is 5.91 Å². The highest BCUT2D eigenvalue weighted by Crippen LogP contribution is 2.35. The molecule has 1 aromatic heterocycles. The third kappa shape index (κ3) is 5.45. The molecule has 5 nitrogen and oxygen atoms in total. The molecule has 1 fully saturated rings. The maximum Gasteiger partial charge on any atom is 0.262 e. The summed E-state index contributed by atoms with van der Waals surface area (Å²) in [4.78, 5) is 33.9. The van der Waals surface area contributed by atoms with Gasteiger partial charge in [0.05, 0.1) is 10.6 Å². The van der Waals surface area contributed by atoms with E-state index in [4.69, 9.17) is 11.6 Å². The number of halogens is 1. The van der Waals surface area contributed by atoms with Crippen LogP contribution < -0.4 is 5.56 Å². The van der Waals surface area contributed by atoms with Crippen LogP contribution in [0.2, 0.25) is 5.02 Å². The Labute approximate surface area is 213 Å². The minimum atomic E-state index is -0.191. The van der Waals surface area contributed by atoms with Crippen LogP contribution in [0, 0.1) is 0 Å². The molecule has 1 saturated heterocycles. The van der Waals surface area contributed by atoms with Crippen molar-refractivity contribution in [3.63, 3.8) is 0 Å². The quantitative estimate of drug-likeness (QED) is 0.363. The standard InChI is InChI=1S/C28H26ClN3O2S/c29-22-11-12-24-23(17-22)26(21-9-5-2-6-10-21)27(28(34)30-24)35-19-25(33)32-15-13-31(14-16-32)18-20-7-3-1-4-8-20/h1-12,17H,13-16,18-19H2,(H,30,34). The highest BCUT2D eigenvalue weighted by atomic mass is 35.5. The second-order valence-electron chi connectivity index (χ2n) is 8.65. The van der Waals surface area contributed by atoms with Gasteiger partial charge in [0.25, 0.3) is 5.56 Å². The number of nitrogens with one attached hydrogen (secondary N) is 1. The number of fused-ring (bicyclic) bond motifs is 1. The van der Waals surface area contributed by atoms with Crippen molar-refractivity contribution < 1.29 is 4.79 Å². The molecule has 0 atom stereocenters. The highest BCUT2D eigenvalue weighted by Gasteiger charge is 2.23. The Hall–Kier alpha value is -3.06. The number of nitrogens with zero attached hydrogens (tertiary/aromatic N) is 2. The van der Waals surface area contributed by atoms with Crippen LogP contribution in [0.15, 0.2) is 88.6 Å². The van der Waals surface area contributed by atoms with Crippen LogP contribution in [0.5, 0.6) is 0 Å². The fourth-order valence-corrected chi connectivity index (χ4v) is 5.68. The Morgan fingerprint density at radius 1 is 0.914 bits per heavy atom. The molecule has 5 rings (SSSR count). The van der Waals surface area contributed by atoms with Gasteiger partial charge in [0.1, 0.15) is 0 Å². The summed E-state index contributed by atoms with van der Waals surface area (Å²) in [7, 11) is 0. The molecule has 0 bridgehead atoms. The summed E-state index contributed by atoms with van der Waals surface area (Å²) in [6.07, 6.45) is 0. The number of carbonyl (C=O) groups excluding carboxylic acids is 1. The molecule has 178 valence electrons. The van der Waals surface area contributed by atoms with Gasteiger partial charge in [-0.3, -0.25) is 14.5 Å². The van der Waals surface area contributed by atoms with Crippen LogP contribution in [-0.4, -0.2) is 52.6 Å². The van der Waals surface area contributed by atoms with Gasteiger partial charge in [-0.25, -0.2) is 0 Å². The molecule has 1 aliphatic rings. The lowest BCUT2D eigenvalue weighted by molar-refractivity contribution is -0.130. The van der Waals surface area contributed by atoms with Crippen molar-refractivity contribution >= 4 is 40.2 Å². The number of rotatable bonds is 6. The van der Waals surface area contributed by atoms with Crippen LogP contribution in [0.1, 0.15) is 5.56 Å². The Bertz CT molecular complexity index is 1380. The Kier molecular flexibility index (Phi) is 7.23. The van der Waals surface area contributed by atoms with Crippen molar-refractivity contribution in [2.24, 2.45) is 0 Å². The molecule has 0 unspecified atom stereocenters.